The number of nitrogens with two attached hydrogens (primary N) is 1. The van der Waals surface area contributed by atoms with E-state index < -0.39 is 6.03 Å². The molecule has 3 atom stereocenters. The second kappa shape index (κ2) is 3.18. The van der Waals surface area contributed by atoms with Gasteiger partial charge in [-0.05, 0) is 25.2 Å². The van der Waals surface area contributed by atoms with Crippen LogP contribution in [0.15, 0.2) is 5.10 Å². The summed E-state index contributed by atoms with van der Waals surface area (Å²) in [6, 6.07) is -0.610. The Labute approximate surface area is 81.5 Å². The van der Waals surface area contributed by atoms with Crippen LogP contribution in [0, 0.1) is 11.8 Å². The first-order valence-corrected chi connectivity index (χ1v) is 4.88. The van der Waals surface area contributed by atoms with E-state index in [1.807, 2.05) is 0 Å². The summed E-state index contributed by atoms with van der Waals surface area (Å²) in [6.07, 6.45) is 3.20. The van der Waals surface area contributed by atoms with Gasteiger partial charge in [0.25, 0.3) is 0 Å². The first-order valence-electron chi connectivity index (χ1n) is 4.44. The van der Waals surface area contributed by atoms with Crippen LogP contribution in [0.5, 0.6) is 0 Å². The summed E-state index contributed by atoms with van der Waals surface area (Å²) in [5.74, 6) is 0.915. The number of urea groups is 1. The van der Waals surface area contributed by atoms with Gasteiger partial charge in [0.15, 0.2) is 0 Å². The second-order valence-corrected chi connectivity index (χ2v) is 4.18. The number of fused-ring (bicyclic) bond motifs is 2. The number of carbonyl (C=O) groups is 1. The molecule has 5 heteroatoms. The largest absolute Gasteiger partial charge is 0.350 e. The van der Waals surface area contributed by atoms with Gasteiger partial charge in [0.05, 0.1) is 0 Å². The third kappa shape index (κ3) is 1.50. The third-order valence-electron chi connectivity index (χ3n) is 2.89. The van der Waals surface area contributed by atoms with Gasteiger partial charge >= 0.3 is 6.03 Å². The van der Waals surface area contributed by atoms with E-state index in [-0.39, 0.29) is 5.38 Å². The highest BCUT2D eigenvalue weighted by molar-refractivity contribution is 6.24. The molecule has 2 aliphatic carbocycles. The number of primary amides is 1. The molecule has 2 aliphatic rings. The standard InChI is InChI=1S/C8H12ClN3O/c9-7-4-1-2-5(7)6(3-4)11-12-8(10)13/h4-5,7H,1-3H2,(H3,10,12,13)/b11-6+/t4-,5+,7+/m0/s1. The maximum Gasteiger partial charge on any atom is 0.332 e. The van der Waals surface area contributed by atoms with Gasteiger partial charge in [0, 0.05) is 17.0 Å². The van der Waals surface area contributed by atoms with E-state index in [1.54, 1.807) is 0 Å². The lowest BCUT2D eigenvalue weighted by molar-refractivity contribution is 0.249. The van der Waals surface area contributed by atoms with Gasteiger partial charge in [-0.25, -0.2) is 10.2 Å². The van der Waals surface area contributed by atoms with E-state index in [0.717, 1.165) is 18.6 Å². The first-order chi connectivity index (χ1) is 6.18. The number of hydrazone groups is 1. The minimum atomic E-state index is -0.610. The summed E-state index contributed by atoms with van der Waals surface area (Å²) < 4.78 is 0. The Morgan fingerprint density at radius 2 is 2.38 bits per heavy atom. The highest BCUT2D eigenvalue weighted by Gasteiger charge is 2.45. The molecule has 0 spiro atoms. The fraction of sp³-hybridized carbons (Fsp3) is 0.750. The zero-order valence-corrected chi connectivity index (χ0v) is 7.92. The number of hydrogen-bond acceptors (Lipinski definition) is 2. The molecule has 0 unspecified atom stereocenters. The predicted octanol–water partition coefficient (Wildman–Crippen LogP) is 1.05. The molecule has 0 aromatic carbocycles. The molecule has 2 saturated carbocycles. The Balaban J connectivity index is 2.04. The Bertz CT molecular complexity index is 266. The zero-order chi connectivity index (χ0) is 9.42. The van der Waals surface area contributed by atoms with Crippen molar-refractivity contribution >= 4 is 23.3 Å². The molecule has 2 amide bonds. The van der Waals surface area contributed by atoms with E-state index in [1.165, 1.54) is 6.42 Å². The number of rotatable bonds is 1. The molecular weight excluding hydrogens is 190 g/mol. The van der Waals surface area contributed by atoms with Crippen molar-refractivity contribution in [3.8, 4) is 0 Å². The molecule has 0 heterocycles. The fourth-order valence-electron chi connectivity index (χ4n) is 2.28. The number of nitrogens with zero attached hydrogens (tertiary/aromatic N) is 1. The van der Waals surface area contributed by atoms with Crippen LogP contribution in [-0.2, 0) is 0 Å². The third-order valence-corrected chi connectivity index (χ3v) is 3.55. The van der Waals surface area contributed by atoms with E-state index in [2.05, 4.69) is 10.5 Å². The van der Waals surface area contributed by atoms with Crippen LogP contribution >= 0.6 is 11.6 Å². The van der Waals surface area contributed by atoms with Gasteiger partial charge in [-0.3, -0.25) is 0 Å². The fourth-order valence-corrected chi connectivity index (χ4v) is 2.77. The van der Waals surface area contributed by atoms with Crippen LogP contribution in [0.25, 0.3) is 0 Å². The van der Waals surface area contributed by atoms with Crippen molar-refractivity contribution in [2.75, 3.05) is 0 Å². The summed E-state index contributed by atoms with van der Waals surface area (Å²) in [5, 5.41) is 4.18. The maximum absolute atomic E-state index is 10.4. The van der Waals surface area contributed by atoms with E-state index >= 15 is 0 Å². The molecule has 2 bridgehead atoms. The number of nitrogens with one attached hydrogen (secondary N) is 1. The minimum absolute atomic E-state index is 0.216. The maximum atomic E-state index is 10.4. The van der Waals surface area contributed by atoms with Crippen LogP contribution in [0.4, 0.5) is 4.79 Å². The average Bonchev–Trinajstić information content (AvgIpc) is 2.58. The summed E-state index contributed by atoms with van der Waals surface area (Å²) in [4.78, 5) is 10.4. The molecular formula is C8H12ClN3O. The van der Waals surface area contributed by atoms with Gasteiger partial charge < -0.3 is 5.73 Å². The highest BCUT2D eigenvalue weighted by Crippen LogP contribution is 2.45. The monoisotopic (exact) mass is 201 g/mol. The Morgan fingerprint density at radius 3 is 2.85 bits per heavy atom. The van der Waals surface area contributed by atoms with Crippen LogP contribution in [-0.4, -0.2) is 17.1 Å². The predicted molar refractivity (Wildman–Crippen MR) is 50.6 cm³/mol. The van der Waals surface area contributed by atoms with Gasteiger partial charge in [-0.1, -0.05) is 0 Å². The number of halogens is 1. The topological polar surface area (TPSA) is 67.5 Å². The van der Waals surface area contributed by atoms with E-state index in [0.29, 0.717) is 11.8 Å². The summed E-state index contributed by atoms with van der Waals surface area (Å²) in [7, 11) is 0. The highest BCUT2D eigenvalue weighted by atomic mass is 35.5. The van der Waals surface area contributed by atoms with Gasteiger partial charge in [0.1, 0.15) is 0 Å². The Morgan fingerprint density at radius 1 is 1.62 bits per heavy atom. The number of alkyl halides is 1. The van der Waals surface area contributed by atoms with Gasteiger partial charge in [0.2, 0.25) is 0 Å². The van der Waals surface area contributed by atoms with E-state index in [4.69, 9.17) is 17.3 Å². The molecule has 72 valence electrons. The van der Waals surface area contributed by atoms with Crippen LogP contribution in [0.3, 0.4) is 0 Å². The molecule has 13 heavy (non-hydrogen) atoms. The molecule has 3 N–H and O–H groups in total. The Kier molecular flexibility index (Phi) is 2.15. The second-order valence-electron chi connectivity index (χ2n) is 3.67. The zero-order valence-electron chi connectivity index (χ0n) is 7.16. The van der Waals surface area contributed by atoms with E-state index in [9.17, 15) is 4.79 Å². The van der Waals surface area contributed by atoms with Crippen molar-refractivity contribution in [2.24, 2.45) is 22.7 Å². The number of amides is 2. The van der Waals surface area contributed by atoms with Crippen molar-refractivity contribution in [1.82, 2.24) is 5.43 Å². The molecule has 0 aromatic heterocycles. The van der Waals surface area contributed by atoms with Crippen molar-refractivity contribution in [2.45, 2.75) is 24.6 Å². The molecule has 2 rings (SSSR count). The molecule has 0 aromatic rings. The van der Waals surface area contributed by atoms with Crippen molar-refractivity contribution in [1.29, 1.82) is 0 Å². The summed E-state index contributed by atoms with van der Waals surface area (Å²) in [6.45, 7) is 0. The molecule has 2 fully saturated rings. The molecule has 4 nitrogen and oxygen atoms in total. The lowest BCUT2D eigenvalue weighted by atomic mass is 9.99. The van der Waals surface area contributed by atoms with Crippen LogP contribution < -0.4 is 11.2 Å². The van der Waals surface area contributed by atoms with Crippen molar-refractivity contribution in [3.63, 3.8) is 0 Å². The minimum Gasteiger partial charge on any atom is -0.350 e. The van der Waals surface area contributed by atoms with Crippen molar-refractivity contribution in [3.05, 3.63) is 0 Å². The molecule has 0 radical (unpaired) electrons. The number of hydrogen-bond donors (Lipinski definition) is 2. The SMILES string of the molecule is NC(=O)N/N=C1\C[C@@H]2CC[C@H]1[C@@H]2Cl. The molecule has 0 saturated heterocycles. The van der Waals surface area contributed by atoms with Gasteiger partial charge in [-0.2, -0.15) is 5.10 Å². The molecule has 0 aliphatic heterocycles. The van der Waals surface area contributed by atoms with Gasteiger partial charge in [-0.15, -0.1) is 11.6 Å². The van der Waals surface area contributed by atoms with Crippen LogP contribution in [0.2, 0.25) is 0 Å². The smallest absolute Gasteiger partial charge is 0.332 e. The van der Waals surface area contributed by atoms with Crippen LogP contribution in [0.1, 0.15) is 19.3 Å². The lowest BCUT2D eigenvalue weighted by Crippen LogP contribution is -2.27. The number of carbonyl (C=O) groups excluding carboxylic acids is 1. The Hall–Kier alpha value is -0.770. The average molecular weight is 202 g/mol. The van der Waals surface area contributed by atoms with Crippen molar-refractivity contribution < 1.29 is 4.79 Å². The summed E-state index contributed by atoms with van der Waals surface area (Å²) in [5.41, 5.74) is 8.18. The lowest BCUT2D eigenvalue weighted by Gasteiger charge is -2.10. The quantitative estimate of drug-likeness (QED) is 0.483. The summed E-state index contributed by atoms with van der Waals surface area (Å²) >= 11 is 6.16. The normalized spacial score (nSPS) is 39.8. The first kappa shape index (κ1) is 8.81.